The van der Waals surface area contributed by atoms with Crippen LogP contribution in [0, 0.1) is 11.3 Å². The summed E-state index contributed by atoms with van der Waals surface area (Å²) in [4.78, 5) is 38.1. The van der Waals surface area contributed by atoms with Crippen molar-refractivity contribution < 1.29 is 13.2 Å². The second-order valence-electron chi connectivity index (χ2n) is 7.35. The molecule has 4 rings (SSSR count). The van der Waals surface area contributed by atoms with Gasteiger partial charge < -0.3 is 0 Å². The highest BCUT2D eigenvalue weighted by atomic mass is 32.2. The number of carbonyl (C=O) groups excluding carboxylic acids is 1. The maximum Gasteiger partial charge on any atom is 0.331 e. The predicted molar refractivity (Wildman–Crippen MR) is 109 cm³/mol. The zero-order chi connectivity index (χ0) is 21.6. The number of hydrogen-bond donors (Lipinski definition) is 0. The van der Waals surface area contributed by atoms with Crippen molar-refractivity contribution in [2.75, 3.05) is 16.6 Å². The van der Waals surface area contributed by atoms with Gasteiger partial charge in [0, 0.05) is 24.3 Å². The lowest BCUT2D eigenvalue weighted by Crippen LogP contribution is -2.43. The molecule has 156 valence electrons. The van der Waals surface area contributed by atoms with E-state index in [1.165, 1.54) is 14.9 Å². The van der Waals surface area contributed by atoms with Crippen molar-refractivity contribution in [1.29, 1.82) is 5.26 Å². The van der Waals surface area contributed by atoms with Gasteiger partial charge >= 0.3 is 5.69 Å². The minimum Gasteiger partial charge on any atom is -0.296 e. The van der Waals surface area contributed by atoms with Gasteiger partial charge in [-0.15, -0.1) is 0 Å². The van der Waals surface area contributed by atoms with E-state index in [0.717, 1.165) is 10.1 Å². The van der Waals surface area contributed by atoms with E-state index in [0.29, 0.717) is 49.3 Å². The predicted octanol–water partition coefficient (Wildman–Crippen LogP) is 0.423. The molecule has 30 heavy (non-hydrogen) atoms. The molecule has 0 fully saturated rings. The van der Waals surface area contributed by atoms with Crippen LogP contribution in [0.3, 0.4) is 0 Å². The molecule has 0 saturated heterocycles. The largest absolute Gasteiger partial charge is 0.331 e. The van der Waals surface area contributed by atoms with Crippen LogP contribution in [-0.2, 0) is 36.0 Å². The maximum absolute atomic E-state index is 12.8. The van der Waals surface area contributed by atoms with E-state index in [1.807, 2.05) is 6.07 Å². The summed E-state index contributed by atoms with van der Waals surface area (Å²) in [6.45, 7) is 1.84. The summed E-state index contributed by atoms with van der Waals surface area (Å²) < 4.78 is 28.0. The van der Waals surface area contributed by atoms with Crippen LogP contribution < -0.4 is 15.6 Å². The first-order valence-electron chi connectivity index (χ1n) is 9.71. The van der Waals surface area contributed by atoms with Crippen molar-refractivity contribution in [3.63, 3.8) is 0 Å². The molecule has 0 unspecified atom stereocenters. The molecule has 2 aliphatic heterocycles. The third-order valence-corrected chi connectivity index (χ3v) is 7.48. The third-order valence-electron chi connectivity index (χ3n) is 5.70. The summed E-state index contributed by atoms with van der Waals surface area (Å²) >= 11 is 0. The van der Waals surface area contributed by atoms with E-state index in [-0.39, 0.29) is 11.3 Å². The van der Waals surface area contributed by atoms with Crippen molar-refractivity contribution in [3.05, 3.63) is 61.4 Å². The maximum atomic E-state index is 12.8. The van der Waals surface area contributed by atoms with Crippen molar-refractivity contribution in [2.24, 2.45) is 0 Å². The zero-order valence-corrected chi connectivity index (χ0v) is 17.2. The quantitative estimate of drug-likeness (QED) is 0.636. The second-order valence-corrected chi connectivity index (χ2v) is 9.53. The van der Waals surface area contributed by atoms with Gasteiger partial charge in [-0.05, 0) is 49.9 Å². The first kappa shape index (κ1) is 20.1. The van der Waals surface area contributed by atoms with E-state index in [1.54, 1.807) is 19.1 Å². The lowest BCUT2D eigenvalue weighted by molar-refractivity contribution is 0.0968. The van der Waals surface area contributed by atoms with E-state index >= 15 is 0 Å². The van der Waals surface area contributed by atoms with E-state index in [4.69, 9.17) is 0 Å². The van der Waals surface area contributed by atoms with Gasteiger partial charge in [-0.25, -0.2) is 13.2 Å². The van der Waals surface area contributed by atoms with Crippen LogP contribution in [0.4, 0.5) is 5.69 Å². The molecule has 0 radical (unpaired) electrons. The standard InChI is InChI=1S/C20H20N4O5S/c1-2-30(28,29)24-9-7-13-10-14(5-6-16(13)24)18(25)12-23-19(26)15(11-21)17-4-3-8-22(17)20(23)27/h5-6,10H,2-4,7-9,12H2,1H3. The number of hydrogen-bond acceptors (Lipinski definition) is 6. The second kappa shape index (κ2) is 7.25. The number of benzene rings is 1. The summed E-state index contributed by atoms with van der Waals surface area (Å²) in [7, 11) is -3.39. The first-order chi connectivity index (χ1) is 14.3. The third kappa shape index (κ3) is 3.06. The Kier molecular flexibility index (Phi) is 4.86. The van der Waals surface area contributed by atoms with Gasteiger partial charge in [-0.3, -0.25) is 23.0 Å². The molecule has 0 spiro atoms. The summed E-state index contributed by atoms with van der Waals surface area (Å²) in [6, 6.07) is 6.57. The molecular weight excluding hydrogens is 408 g/mol. The molecular formula is C20H20N4O5S. The van der Waals surface area contributed by atoms with Crippen LogP contribution in [0.2, 0.25) is 0 Å². The molecule has 0 saturated carbocycles. The number of Topliss-reactive ketones (excluding diaryl/α,β-unsaturated/α-hetero) is 1. The normalized spacial score (nSPS) is 15.0. The van der Waals surface area contributed by atoms with Gasteiger partial charge in [0.1, 0.15) is 11.6 Å². The fraction of sp³-hybridized carbons (Fsp3) is 0.400. The van der Waals surface area contributed by atoms with Crippen LogP contribution in [0.5, 0.6) is 0 Å². The highest BCUT2D eigenvalue weighted by molar-refractivity contribution is 7.92. The van der Waals surface area contributed by atoms with Gasteiger partial charge in [-0.2, -0.15) is 5.26 Å². The molecule has 9 nitrogen and oxygen atoms in total. The number of nitriles is 1. The Hall–Kier alpha value is -3.19. The fourth-order valence-electron chi connectivity index (χ4n) is 4.11. The molecule has 0 amide bonds. The topological polar surface area (TPSA) is 122 Å². The summed E-state index contributed by atoms with van der Waals surface area (Å²) in [6.07, 6.45) is 1.64. The Bertz CT molecular complexity index is 1330. The highest BCUT2D eigenvalue weighted by Gasteiger charge is 2.29. The molecule has 2 aliphatic rings. The minimum atomic E-state index is -3.39. The van der Waals surface area contributed by atoms with Gasteiger partial charge in [0.15, 0.2) is 5.78 Å². The number of ketones is 1. The van der Waals surface area contributed by atoms with Crippen LogP contribution in [0.25, 0.3) is 0 Å². The Labute approximate surface area is 172 Å². The van der Waals surface area contributed by atoms with Crippen molar-refractivity contribution >= 4 is 21.5 Å². The number of aromatic nitrogens is 2. The van der Waals surface area contributed by atoms with Crippen LogP contribution in [0.15, 0.2) is 27.8 Å². The number of rotatable bonds is 5. The minimum absolute atomic E-state index is 0.0143. The van der Waals surface area contributed by atoms with Crippen molar-refractivity contribution in [3.8, 4) is 6.07 Å². The zero-order valence-electron chi connectivity index (χ0n) is 16.4. The van der Waals surface area contributed by atoms with Crippen molar-refractivity contribution in [2.45, 2.75) is 39.3 Å². The molecule has 1 aromatic heterocycles. The Morgan fingerprint density at radius 3 is 2.67 bits per heavy atom. The Balaban J connectivity index is 1.68. The van der Waals surface area contributed by atoms with Gasteiger partial charge in [-0.1, -0.05) is 0 Å². The van der Waals surface area contributed by atoms with Crippen molar-refractivity contribution in [1.82, 2.24) is 9.13 Å². The number of nitrogens with zero attached hydrogens (tertiary/aromatic N) is 4. The van der Waals surface area contributed by atoms with Crippen LogP contribution >= 0.6 is 0 Å². The number of anilines is 1. The number of carbonyl (C=O) groups is 1. The van der Waals surface area contributed by atoms with E-state index in [2.05, 4.69) is 0 Å². The molecule has 0 bridgehead atoms. The molecule has 10 heteroatoms. The fourth-order valence-corrected chi connectivity index (χ4v) is 5.27. The molecule has 0 aliphatic carbocycles. The van der Waals surface area contributed by atoms with Crippen LogP contribution in [0.1, 0.15) is 40.5 Å². The highest BCUT2D eigenvalue weighted by Crippen LogP contribution is 2.31. The Morgan fingerprint density at radius 2 is 1.97 bits per heavy atom. The lowest BCUT2D eigenvalue weighted by atomic mass is 10.1. The first-order valence-corrected chi connectivity index (χ1v) is 11.3. The summed E-state index contributed by atoms with van der Waals surface area (Å²) in [5.74, 6) is -0.462. The van der Waals surface area contributed by atoms with Gasteiger partial charge in [0.05, 0.1) is 18.0 Å². The summed E-state index contributed by atoms with van der Waals surface area (Å²) in [5.41, 5.74) is 0.593. The molecule has 3 heterocycles. The summed E-state index contributed by atoms with van der Waals surface area (Å²) in [5, 5.41) is 9.35. The van der Waals surface area contributed by atoms with Gasteiger partial charge in [0.25, 0.3) is 5.56 Å². The molecule has 0 N–H and O–H groups in total. The lowest BCUT2D eigenvalue weighted by Gasteiger charge is -2.18. The molecule has 1 aromatic carbocycles. The van der Waals surface area contributed by atoms with Gasteiger partial charge in [0.2, 0.25) is 10.0 Å². The molecule has 0 atom stereocenters. The van der Waals surface area contributed by atoms with Crippen LogP contribution in [-0.4, -0.2) is 35.6 Å². The van der Waals surface area contributed by atoms with E-state index < -0.39 is 33.6 Å². The number of fused-ring (bicyclic) bond motifs is 2. The average Bonchev–Trinajstić information content (AvgIpc) is 3.38. The smallest absolute Gasteiger partial charge is 0.296 e. The molecule has 2 aromatic rings. The van der Waals surface area contributed by atoms with E-state index in [9.17, 15) is 28.1 Å². The monoisotopic (exact) mass is 428 g/mol. The SMILES string of the molecule is CCS(=O)(=O)N1CCc2cc(C(=O)Cn3c(=O)c(C#N)c4n(c3=O)CCC4)ccc21. The number of sulfonamides is 1. The average molecular weight is 428 g/mol. The Morgan fingerprint density at radius 1 is 1.20 bits per heavy atom.